The van der Waals surface area contributed by atoms with Crippen LogP contribution in [0, 0.1) is 0 Å². The van der Waals surface area contributed by atoms with Gasteiger partial charge in [0, 0.05) is 6.42 Å². The molecule has 0 saturated heterocycles. The molecule has 2 N–H and O–H groups in total. The summed E-state index contributed by atoms with van der Waals surface area (Å²) in [5.41, 5.74) is 0. The van der Waals surface area contributed by atoms with E-state index >= 15 is 0 Å². The molecule has 8 nitrogen and oxygen atoms in total. The van der Waals surface area contributed by atoms with Gasteiger partial charge in [0.05, 0.1) is 39.9 Å². The number of aliphatic hydroxyl groups excluding tert-OH is 1. The Morgan fingerprint density at radius 1 is 0.600 bits per heavy atom. The number of likely N-dealkylation sites (N-methyl/N-ethyl adjacent to an activating group) is 1. The van der Waals surface area contributed by atoms with Gasteiger partial charge < -0.3 is 28.8 Å². The van der Waals surface area contributed by atoms with E-state index in [1.807, 2.05) is 21.1 Å². The molecule has 0 rings (SSSR count). The number of hydrogen-bond donors (Lipinski definition) is 2. The molecule has 352 valence electrons. The van der Waals surface area contributed by atoms with Crippen LogP contribution in [0.15, 0.2) is 48.6 Å². The van der Waals surface area contributed by atoms with Crippen LogP contribution >= 0.6 is 7.82 Å². The van der Waals surface area contributed by atoms with Crippen molar-refractivity contribution in [2.75, 3.05) is 40.9 Å². The lowest BCUT2D eigenvalue weighted by Crippen LogP contribution is -2.46. The van der Waals surface area contributed by atoms with Gasteiger partial charge in [0.25, 0.3) is 7.82 Å². The number of nitrogens with zero attached hydrogens (tertiary/aromatic N) is 1. The average molecular weight is 865 g/mol. The zero-order valence-corrected chi connectivity index (χ0v) is 40.8. The van der Waals surface area contributed by atoms with E-state index in [0.29, 0.717) is 23.9 Å². The molecule has 0 radical (unpaired) electrons. The molecule has 0 saturated carbocycles. The van der Waals surface area contributed by atoms with E-state index in [4.69, 9.17) is 9.05 Å². The number of phosphoric ester groups is 1. The van der Waals surface area contributed by atoms with Crippen LogP contribution in [0.4, 0.5) is 0 Å². The minimum absolute atomic E-state index is 0.0118. The quantitative estimate of drug-likeness (QED) is 0.0273. The first-order chi connectivity index (χ1) is 29.0. The van der Waals surface area contributed by atoms with Crippen molar-refractivity contribution in [3.8, 4) is 0 Å². The summed E-state index contributed by atoms with van der Waals surface area (Å²) in [6.45, 7) is 4.58. The number of amides is 1. The van der Waals surface area contributed by atoms with Crippen molar-refractivity contribution < 1.29 is 32.9 Å². The Morgan fingerprint density at radius 2 is 1.02 bits per heavy atom. The predicted octanol–water partition coefficient (Wildman–Crippen LogP) is 13.8. The summed E-state index contributed by atoms with van der Waals surface area (Å²) in [6, 6.07) is -0.798. The molecule has 0 aromatic carbocycles. The third-order valence-corrected chi connectivity index (χ3v) is 12.0. The van der Waals surface area contributed by atoms with Crippen molar-refractivity contribution in [1.82, 2.24) is 5.32 Å². The van der Waals surface area contributed by atoms with E-state index in [1.54, 1.807) is 0 Å². The largest absolute Gasteiger partial charge is 0.756 e. The van der Waals surface area contributed by atoms with Crippen molar-refractivity contribution in [2.45, 2.75) is 231 Å². The first-order valence-electron chi connectivity index (χ1n) is 25.0. The molecular weight excluding hydrogens is 768 g/mol. The number of aliphatic hydroxyl groups is 1. The summed E-state index contributed by atoms with van der Waals surface area (Å²) < 4.78 is 23.2. The number of unbranched alkanes of at least 4 members (excludes halogenated alkanes) is 24. The Balaban J connectivity index is 4.02. The average Bonchev–Trinajstić information content (AvgIpc) is 3.20. The molecule has 0 spiro atoms. The van der Waals surface area contributed by atoms with Gasteiger partial charge in [-0.3, -0.25) is 9.36 Å². The number of phosphoric acid groups is 1. The third kappa shape index (κ3) is 44.5. The predicted molar refractivity (Wildman–Crippen MR) is 256 cm³/mol. The van der Waals surface area contributed by atoms with Crippen LogP contribution < -0.4 is 10.2 Å². The lowest BCUT2D eigenvalue weighted by Gasteiger charge is -2.30. The molecule has 0 bridgehead atoms. The third-order valence-electron chi connectivity index (χ3n) is 11.1. The number of hydrogen-bond acceptors (Lipinski definition) is 6. The fourth-order valence-corrected chi connectivity index (χ4v) is 7.87. The van der Waals surface area contributed by atoms with E-state index in [1.165, 1.54) is 128 Å². The van der Waals surface area contributed by atoms with Crippen molar-refractivity contribution in [3.63, 3.8) is 0 Å². The second kappa shape index (κ2) is 42.7. The molecule has 0 aromatic rings. The minimum Gasteiger partial charge on any atom is -0.756 e. The van der Waals surface area contributed by atoms with Crippen LogP contribution in [-0.2, 0) is 18.4 Å². The van der Waals surface area contributed by atoms with Crippen LogP contribution in [0.3, 0.4) is 0 Å². The molecule has 1 amide bonds. The number of carbonyl (C=O) groups excluding carboxylic acids is 1. The zero-order chi connectivity index (χ0) is 44.3. The first-order valence-corrected chi connectivity index (χ1v) is 26.4. The van der Waals surface area contributed by atoms with Gasteiger partial charge in [0.15, 0.2) is 0 Å². The van der Waals surface area contributed by atoms with Crippen LogP contribution in [0.1, 0.15) is 219 Å². The Morgan fingerprint density at radius 3 is 1.48 bits per heavy atom. The molecular formula is C51H97N2O6P. The summed E-state index contributed by atoms with van der Waals surface area (Å²) in [6.07, 6.45) is 54.3. The Bertz CT molecular complexity index is 1120. The normalized spacial score (nSPS) is 14.6. The number of nitrogens with one attached hydrogen (secondary N) is 1. The fourth-order valence-electron chi connectivity index (χ4n) is 7.15. The number of rotatable bonds is 45. The highest BCUT2D eigenvalue weighted by Gasteiger charge is 2.24. The Hall–Kier alpha value is -1.54. The van der Waals surface area contributed by atoms with Crippen molar-refractivity contribution in [3.05, 3.63) is 48.6 Å². The topological polar surface area (TPSA) is 108 Å². The molecule has 9 heteroatoms. The van der Waals surface area contributed by atoms with Crippen molar-refractivity contribution in [2.24, 2.45) is 0 Å². The van der Waals surface area contributed by atoms with Gasteiger partial charge in [-0.15, -0.1) is 0 Å². The van der Waals surface area contributed by atoms with E-state index in [0.717, 1.165) is 64.2 Å². The van der Waals surface area contributed by atoms with Gasteiger partial charge in [-0.2, -0.15) is 0 Å². The highest BCUT2D eigenvalue weighted by atomic mass is 31.2. The SMILES string of the molecule is CC/C=C\C/C=C\C/C=C\C/C=C\CCCCCCCCCCCCCCCCCCC(=O)NC(COP(=O)([O-])OCC[N+](C)(C)C)C(O)CCCCCCCCCCC. The minimum atomic E-state index is -4.56. The van der Waals surface area contributed by atoms with Crippen molar-refractivity contribution in [1.29, 1.82) is 0 Å². The smallest absolute Gasteiger partial charge is 0.268 e. The monoisotopic (exact) mass is 865 g/mol. The highest BCUT2D eigenvalue weighted by Crippen LogP contribution is 2.38. The van der Waals surface area contributed by atoms with E-state index in [-0.39, 0.29) is 19.1 Å². The van der Waals surface area contributed by atoms with Gasteiger partial charge in [-0.1, -0.05) is 210 Å². The fraction of sp³-hybridized carbons (Fsp3) is 0.824. The van der Waals surface area contributed by atoms with Crippen molar-refractivity contribution >= 4 is 13.7 Å². The lowest BCUT2D eigenvalue weighted by atomic mass is 10.0. The molecule has 0 aromatic heterocycles. The maximum atomic E-state index is 12.9. The second-order valence-electron chi connectivity index (χ2n) is 18.1. The molecule has 0 aliphatic heterocycles. The zero-order valence-electron chi connectivity index (χ0n) is 39.9. The van der Waals surface area contributed by atoms with Gasteiger partial charge in [-0.05, 0) is 51.4 Å². The Labute approximate surface area is 371 Å². The molecule has 0 fully saturated rings. The van der Waals surface area contributed by atoms with Gasteiger partial charge in [-0.25, -0.2) is 0 Å². The summed E-state index contributed by atoms with van der Waals surface area (Å²) in [5.74, 6) is -0.167. The summed E-state index contributed by atoms with van der Waals surface area (Å²) in [7, 11) is 1.30. The molecule has 0 aliphatic carbocycles. The van der Waals surface area contributed by atoms with Crippen LogP contribution in [0.2, 0.25) is 0 Å². The number of quaternary nitrogens is 1. The van der Waals surface area contributed by atoms with Gasteiger partial charge in [0.2, 0.25) is 5.91 Å². The Kier molecular flexibility index (Phi) is 41.6. The highest BCUT2D eigenvalue weighted by molar-refractivity contribution is 7.45. The number of carbonyl (C=O) groups is 1. The number of allylic oxidation sites excluding steroid dienone is 8. The van der Waals surface area contributed by atoms with E-state index in [2.05, 4.69) is 67.8 Å². The second-order valence-corrected chi connectivity index (χ2v) is 19.6. The van der Waals surface area contributed by atoms with Gasteiger partial charge >= 0.3 is 0 Å². The van der Waals surface area contributed by atoms with Gasteiger partial charge in [0.1, 0.15) is 13.2 Å². The standard InChI is InChI=1S/C51H97N2O6P/c1-6-8-10-12-14-16-17-18-19-20-21-22-23-24-25-26-27-28-29-30-31-32-33-34-35-37-39-41-43-45-51(55)52-49(48-59-60(56,57)58-47-46-53(3,4)5)50(54)44-42-40-38-36-15-13-11-9-7-2/h8,10,14,16,18-19,21-22,49-50,54H,6-7,9,11-13,15,17,20,23-48H2,1-5H3,(H-,52,55,56,57)/b10-8-,16-14-,19-18-,22-21-. The molecule has 0 aliphatic rings. The molecule has 0 heterocycles. The molecule has 60 heavy (non-hydrogen) atoms. The van der Waals surface area contributed by atoms with Crippen LogP contribution in [0.25, 0.3) is 0 Å². The lowest BCUT2D eigenvalue weighted by molar-refractivity contribution is -0.870. The summed E-state index contributed by atoms with van der Waals surface area (Å²) in [5, 5.41) is 13.9. The van der Waals surface area contributed by atoms with E-state index in [9.17, 15) is 19.4 Å². The van der Waals surface area contributed by atoms with Crippen LogP contribution in [-0.4, -0.2) is 68.5 Å². The van der Waals surface area contributed by atoms with E-state index < -0.39 is 20.0 Å². The maximum absolute atomic E-state index is 12.9. The van der Waals surface area contributed by atoms with Crippen LogP contribution in [0.5, 0.6) is 0 Å². The summed E-state index contributed by atoms with van der Waals surface area (Å²) >= 11 is 0. The molecule has 3 atom stereocenters. The molecule has 3 unspecified atom stereocenters. The first kappa shape index (κ1) is 58.5. The maximum Gasteiger partial charge on any atom is 0.268 e. The summed E-state index contributed by atoms with van der Waals surface area (Å²) in [4.78, 5) is 25.3.